The van der Waals surface area contributed by atoms with Crippen molar-refractivity contribution >= 4 is 53.3 Å². The largest absolute Gasteiger partial charge is 0.355 e. The van der Waals surface area contributed by atoms with Gasteiger partial charge in [-0.15, -0.1) is 11.3 Å². The molecule has 0 unspecified atom stereocenters. The van der Waals surface area contributed by atoms with Gasteiger partial charge in [-0.2, -0.15) is 0 Å². The molecular weight excluding hydrogens is 478 g/mol. The maximum atomic E-state index is 3.56. The van der Waals surface area contributed by atoms with Crippen LogP contribution < -0.4 is 0 Å². The first kappa shape index (κ1) is 21.4. The van der Waals surface area contributed by atoms with E-state index in [0.717, 1.165) is 0 Å². The highest BCUT2D eigenvalue weighted by Gasteiger charge is 2.15. The number of aromatic nitrogens is 1. The van der Waals surface area contributed by atoms with E-state index in [4.69, 9.17) is 0 Å². The minimum atomic E-state index is 1.18. The normalized spacial score (nSPS) is 11.7. The fourth-order valence-corrected chi connectivity index (χ4v) is 7.16. The summed E-state index contributed by atoms with van der Waals surface area (Å²) in [7, 11) is 0. The molecule has 2 aromatic heterocycles. The number of hydrogen-bond acceptors (Lipinski definition) is 1. The summed E-state index contributed by atoms with van der Waals surface area (Å²) < 4.78 is 2.68. The van der Waals surface area contributed by atoms with Gasteiger partial charge < -0.3 is 4.98 Å². The Labute approximate surface area is 224 Å². The first-order valence-electron chi connectivity index (χ1n) is 12.9. The summed E-state index contributed by atoms with van der Waals surface area (Å²) in [6.45, 7) is 0. The van der Waals surface area contributed by atoms with Gasteiger partial charge >= 0.3 is 0 Å². The van der Waals surface area contributed by atoms with E-state index in [9.17, 15) is 0 Å². The van der Waals surface area contributed by atoms with E-state index in [2.05, 4.69) is 138 Å². The lowest BCUT2D eigenvalue weighted by Crippen LogP contribution is -1.81. The highest BCUT2D eigenvalue weighted by molar-refractivity contribution is 7.26. The maximum absolute atomic E-state index is 3.56. The van der Waals surface area contributed by atoms with Gasteiger partial charge in [0.25, 0.3) is 0 Å². The second-order valence-electron chi connectivity index (χ2n) is 9.84. The van der Waals surface area contributed by atoms with Gasteiger partial charge in [-0.05, 0) is 57.6 Å². The zero-order chi connectivity index (χ0) is 25.1. The molecule has 0 aliphatic carbocycles. The number of rotatable bonds is 3. The van der Waals surface area contributed by atoms with Gasteiger partial charge in [-0.1, -0.05) is 109 Å². The third-order valence-electron chi connectivity index (χ3n) is 7.62. The van der Waals surface area contributed by atoms with E-state index in [1.807, 2.05) is 11.3 Å². The molecule has 8 aromatic rings. The van der Waals surface area contributed by atoms with Gasteiger partial charge in [0, 0.05) is 42.0 Å². The number of para-hydroxylation sites is 1. The van der Waals surface area contributed by atoms with Crippen molar-refractivity contribution in [2.24, 2.45) is 0 Å². The number of hydrogen-bond donors (Lipinski definition) is 1. The maximum Gasteiger partial charge on any atom is 0.0465 e. The summed E-state index contributed by atoms with van der Waals surface area (Å²) in [4.78, 5) is 3.56. The van der Waals surface area contributed by atoms with E-state index >= 15 is 0 Å². The summed E-state index contributed by atoms with van der Waals surface area (Å²) in [6, 6.07) is 48.4. The molecule has 6 aromatic carbocycles. The first-order valence-corrected chi connectivity index (χ1v) is 13.8. The van der Waals surface area contributed by atoms with Crippen LogP contribution in [0, 0.1) is 0 Å². The zero-order valence-electron chi connectivity index (χ0n) is 20.6. The van der Waals surface area contributed by atoms with E-state index in [0.29, 0.717) is 0 Å². The molecule has 0 saturated carbocycles. The average Bonchev–Trinajstić information content (AvgIpc) is 3.56. The Morgan fingerprint density at radius 1 is 0.368 bits per heavy atom. The Bertz CT molecular complexity index is 2130. The van der Waals surface area contributed by atoms with Crippen molar-refractivity contribution < 1.29 is 0 Å². The van der Waals surface area contributed by atoms with E-state index in [1.165, 1.54) is 75.4 Å². The monoisotopic (exact) mass is 501 g/mol. The van der Waals surface area contributed by atoms with E-state index in [1.54, 1.807) is 0 Å². The summed E-state index contributed by atoms with van der Waals surface area (Å²) in [5.41, 5.74) is 9.94. The second kappa shape index (κ2) is 8.44. The lowest BCUT2D eigenvalue weighted by atomic mass is 9.97. The van der Waals surface area contributed by atoms with Gasteiger partial charge in [-0.3, -0.25) is 0 Å². The summed E-state index contributed by atoms with van der Waals surface area (Å²) in [6.07, 6.45) is 0. The Balaban J connectivity index is 1.33. The molecule has 0 radical (unpaired) electrons. The van der Waals surface area contributed by atoms with Crippen LogP contribution in [0.4, 0.5) is 0 Å². The van der Waals surface area contributed by atoms with Crippen LogP contribution in [0.25, 0.3) is 75.4 Å². The van der Waals surface area contributed by atoms with Crippen molar-refractivity contribution in [3.05, 3.63) is 133 Å². The van der Waals surface area contributed by atoms with Crippen LogP contribution in [0.15, 0.2) is 133 Å². The van der Waals surface area contributed by atoms with Crippen LogP contribution in [0.1, 0.15) is 0 Å². The minimum Gasteiger partial charge on any atom is -0.355 e. The van der Waals surface area contributed by atoms with Crippen molar-refractivity contribution in [1.29, 1.82) is 0 Å². The fourth-order valence-electron chi connectivity index (χ4n) is 5.79. The molecule has 0 atom stereocenters. The molecule has 8 rings (SSSR count). The molecule has 0 saturated heterocycles. The minimum absolute atomic E-state index is 1.18. The topological polar surface area (TPSA) is 15.8 Å². The molecule has 1 nitrogen and oxygen atoms in total. The van der Waals surface area contributed by atoms with E-state index < -0.39 is 0 Å². The van der Waals surface area contributed by atoms with Gasteiger partial charge in [0.05, 0.1) is 0 Å². The summed E-state index contributed by atoms with van der Waals surface area (Å²) in [5.74, 6) is 0. The third-order valence-corrected chi connectivity index (χ3v) is 8.91. The predicted molar refractivity (Wildman–Crippen MR) is 165 cm³/mol. The average molecular weight is 502 g/mol. The lowest BCUT2D eigenvalue weighted by molar-refractivity contribution is 1.55. The highest BCUT2D eigenvalue weighted by Crippen LogP contribution is 2.44. The van der Waals surface area contributed by atoms with Crippen LogP contribution in [-0.2, 0) is 0 Å². The number of nitrogens with one attached hydrogen (secondary N) is 1. The molecule has 0 aliphatic heterocycles. The standard InChI is InChI=1S/C36H23NS/c1-2-9-23(10-3-1)24-11-6-12-25(21-24)27-14-7-16-30-31-17-8-15-28(36(31)38-35(27)30)26-19-20-34-32(22-26)29-13-4-5-18-33(29)37-34/h1-22,37H. The van der Waals surface area contributed by atoms with Crippen LogP contribution in [-0.4, -0.2) is 4.98 Å². The third kappa shape index (κ3) is 3.31. The van der Waals surface area contributed by atoms with Gasteiger partial charge in [0.15, 0.2) is 0 Å². The zero-order valence-corrected chi connectivity index (χ0v) is 21.4. The smallest absolute Gasteiger partial charge is 0.0465 e. The quantitative estimate of drug-likeness (QED) is 0.248. The number of benzene rings is 6. The number of thiophene rings is 1. The summed E-state index contributed by atoms with van der Waals surface area (Å²) >= 11 is 1.91. The summed E-state index contributed by atoms with van der Waals surface area (Å²) in [5, 5.41) is 5.19. The predicted octanol–water partition coefficient (Wildman–Crippen LogP) is 10.7. The number of H-pyrrole nitrogens is 1. The van der Waals surface area contributed by atoms with Crippen LogP contribution >= 0.6 is 11.3 Å². The van der Waals surface area contributed by atoms with Crippen molar-refractivity contribution in [3.8, 4) is 33.4 Å². The molecular formula is C36H23NS. The lowest BCUT2D eigenvalue weighted by Gasteiger charge is -2.07. The van der Waals surface area contributed by atoms with Gasteiger partial charge in [0.1, 0.15) is 0 Å². The molecule has 0 aliphatic rings. The van der Waals surface area contributed by atoms with Gasteiger partial charge in [0.2, 0.25) is 0 Å². The number of fused-ring (bicyclic) bond motifs is 6. The molecule has 0 spiro atoms. The van der Waals surface area contributed by atoms with Crippen LogP contribution in [0.2, 0.25) is 0 Å². The van der Waals surface area contributed by atoms with Crippen LogP contribution in [0.3, 0.4) is 0 Å². The Morgan fingerprint density at radius 3 is 1.74 bits per heavy atom. The van der Waals surface area contributed by atoms with Crippen molar-refractivity contribution in [1.82, 2.24) is 4.98 Å². The van der Waals surface area contributed by atoms with Crippen molar-refractivity contribution in [2.45, 2.75) is 0 Å². The SMILES string of the molecule is c1ccc(-c2cccc(-c3cccc4c3sc3c(-c5ccc6[nH]c7ccccc7c6c5)cccc34)c2)cc1. The molecule has 0 fully saturated rings. The van der Waals surface area contributed by atoms with Crippen molar-refractivity contribution in [3.63, 3.8) is 0 Å². The van der Waals surface area contributed by atoms with Crippen LogP contribution in [0.5, 0.6) is 0 Å². The number of aromatic amines is 1. The first-order chi connectivity index (χ1) is 18.8. The molecule has 0 amide bonds. The highest BCUT2D eigenvalue weighted by atomic mass is 32.1. The Morgan fingerprint density at radius 2 is 0.947 bits per heavy atom. The van der Waals surface area contributed by atoms with Crippen molar-refractivity contribution in [2.75, 3.05) is 0 Å². The molecule has 38 heavy (non-hydrogen) atoms. The molecule has 2 heterocycles. The molecule has 0 bridgehead atoms. The second-order valence-corrected chi connectivity index (χ2v) is 10.9. The van der Waals surface area contributed by atoms with E-state index in [-0.39, 0.29) is 0 Å². The molecule has 2 heteroatoms. The Kier molecular flexibility index (Phi) is 4.76. The van der Waals surface area contributed by atoms with Gasteiger partial charge in [-0.25, -0.2) is 0 Å². The Hall–Kier alpha value is -4.66. The molecule has 178 valence electrons. The molecule has 1 N–H and O–H groups in total. The fraction of sp³-hybridized carbons (Fsp3) is 0.